The summed E-state index contributed by atoms with van der Waals surface area (Å²) in [6.07, 6.45) is 6.01. The number of hydrogen-bond donors (Lipinski definition) is 1. The highest BCUT2D eigenvalue weighted by Crippen LogP contribution is 2.21. The van der Waals surface area contributed by atoms with E-state index in [2.05, 4.69) is 5.32 Å². The highest BCUT2D eigenvalue weighted by Gasteiger charge is 2.31. The Morgan fingerprint density at radius 1 is 1.09 bits per heavy atom. The van der Waals surface area contributed by atoms with Crippen LogP contribution in [0.25, 0.3) is 0 Å². The smallest absolute Gasteiger partial charge is 0.244 e. The summed E-state index contributed by atoms with van der Waals surface area (Å²) in [6, 6.07) is 12.0. The van der Waals surface area contributed by atoms with E-state index in [0.717, 1.165) is 48.2 Å². The molecule has 1 atom stereocenters. The van der Waals surface area contributed by atoms with Gasteiger partial charge in [0, 0.05) is 18.2 Å². The minimum Gasteiger partial charge on any atom is -0.352 e. The van der Waals surface area contributed by atoms with Crippen LogP contribution in [-0.4, -0.2) is 50.0 Å². The molecule has 1 N–H and O–H groups in total. The van der Waals surface area contributed by atoms with Crippen molar-refractivity contribution in [3.8, 4) is 0 Å². The number of halogens is 1. The predicted molar refractivity (Wildman–Crippen MR) is 135 cm³/mol. The van der Waals surface area contributed by atoms with E-state index in [0.29, 0.717) is 5.69 Å². The Kier molecular flexibility index (Phi) is 8.88. The van der Waals surface area contributed by atoms with Crippen molar-refractivity contribution in [3.05, 3.63) is 65.5 Å². The molecule has 0 bridgehead atoms. The van der Waals surface area contributed by atoms with Gasteiger partial charge in [0.15, 0.2) is 0 Å². The van der Waals surface area contributed by atoms with Crippen LogP contribution < -0.4 is 9.62 Å². The lowest BCUT2D eigenvalue weighted by molar-refractivity contribution is -0.139. The van der Waals surface area contributed by atoms with Crippen molar-refractivity contribution >= 4 is 27.5 Å². The van der Waals surface area contributed by atoms with E-state index < -0.39 is 34.3 Å². The van der Waals surface area contributed by atoms with Crippen LogP contribution in [0.1, 0.15) is 50.2 Å². The third-order valence-corrected chi connectivity index (χ3v) is 7.53. The number of nitrogens with zero attached hydrogens (tertiary/aromatic N) is 2. The third kappa shape index (κ3) is 7.27. The van der Waals surface area contributed by atoms with Gasteiger partial charge in [-0.1, -0.05) is 49.6 Å². The number of anilines is 1. The van der Waals surface area contributed by atoms with Gasteiger partial charge in [-0.05, 0) is 50.5 Å². The van der Waals surface area contributed by atoms with Crippen LogP contribution in [0.2, 0.25) is 0 Å². The number of aryl methyl sites for hydroxylation is 1. The quantitative estimate of drug-likeness (QED) is 0.565. The lowest BCUT2D eigenvalue weighted by atomic mass is 9.95. The molecule has 35 heavy (non-hydrogen) atoms. The second-order valence-electron chi connectivity index (χ2n) is 9.24. The molecule has 2 aromatic rings. The fourth-order valence-electron chi connectivity index (χ4n) is 4.36. The molecule has 190 valence electrons. The third-order valence-electron chi connectivity index (χ3n) is 6.39. The van der Waals surface area contributed by atoms with Gasteiger partial charge >= 0.3 is 0 Å². The second-order valence-corrected chi connectivity index (χ2v) is 11.1. The zero-order valence-electron chi connectivity index (χ0n) is 20.5. The van der Waals surface area contributed by atoms with Gasteiger partial charge in [-0.15, -0.1) is 0 Å². The second kappa shape index (κ2) is 11.7. The predicted octanol–water partition coefficient (Wildman–Crippen LogP) is 3.77. The van der Waals surface area contributed by atoms with Crippen LogP contribution in [0.15, 0.2) is 48.5 Å². The molecule has 0 radical (unpaired) electrons. The molecule has 0 spiro atoms. The Bertz CT molecular complexity index is 1150. The van der Waals surface area contributed by atoms with Gasteiger partial charge < -0.3 is 10.2 Å². The Morgan fingerprint density at radius 3 is 2.40 bits per heavy atom. The molecular weight excluding hydrogens is 469 g/mol. The highest BCUT2D eigenvalue weighted by molar-refractivity contribution is 7.92. The van der Waals surface area contributed by atoms with Crippen molar-refractivity contribution in [3.63, 3.8) is 0 Å². The van der Waals surface area contributed by atoms with Gasteiger partial charge in [-0.2, -0.15) is 0 Å². The molecule has 1 aliphatic carbocycles. The van der Waals surface area contributed by atoms with E-state index >= 15 is 0 Å². The van der Waals surface area contributed by atoms with Crippen molar-refractivity contribution in [2.75, 3.05) is 17.1 Å². The minimum atomic E-state index is -3.80. The average molecular weight is 504 g/mol. The number of rotatable bonds is 9. The molecule has 7 nitrogen and oxygen atoms in total. The summed E-state index contributed by atoms with van der Waals surface area (Å²) in [4.78, 5) is 27.9. The Hall–Kier alpha value is -2.94. The maximum absolute atomic E-state index is 14.5. The van der Waals surface area contributed by atoms with Crippen molar-refractivity contribution in [2.24, 2.45) is 0 Å². The minimum absolute atomic E-state index is 0.0453. The van der Waals surface area contributed by atoms with Gasteiger partial charge in [-0.3, -0.25) is 13.9 Å². The SMILES string of the molecule is Cc1cccc(N(CC(=O)N(Cc2ccccc2F)[C@@H](C)C(=O)NC2CCCCC2)S(C)(=O)=O)c1. The molecule has 3 rings (SSSR count). The Morgan fingerprint density at radius 2 is 1.77 bits per heavy atom. The molecule has 1 fully saturated rings. The van der Waals surface area contributed by atoms with E-state index in [9.17, 15) is 22.4 Å². The van der Waals surface area contributed by atoms with Gasteiger partial charge in [0.05, 0.1) is 11.9 Å². The normalized spacial score (nSPS) is 15.3. The monoisotopic (exact) mass is 503 g/mol. The molecule has 0 unspecified atom stereocenters. The van der Waals surface area contributed by atoms with Crippen LogP contribution in [0.3, 0.4) is 0 Å². The number of carbonyl (C=O) groups excluding carboxylic acids is 2. The summed E-state index contributed by atoms with van der Waals surface area (Å²) in [7, 11) is -3.80. The van der Waals surface area contributed by atoms with E-state index in [1.54, 1.807) is 43.3 Å². The molecule has 1 saturated carbocycles. The molecule has 0 aromatic heterocycles. The molecular formula is C26H34FN3O4S. The first-order chi connectivity index (χ1) is 16.6. The number of sulfonamides is 1. The lowest BCUT2D eigenvalue weighted by Gasteiger charge is -2.33. The number of carbonyl (C=O) groups is 2. The Balaban J connectivity index is 1.88. The van der Waals surface area contributed by atoms with Crippen LogP contribution >= 0.6 is 0 Å². The first kappa shape index (κ1) is 26.7. The number of amides is 2. The number of benzene rings is 2. The van der Waals surface area contributed by atoms with Crippen LogP contribution in [0, 0.1) is 12.7 Å². The zero-order valence-corrected chi connectivity index (χ0v) is 21.4. The van der Waals surface area contributed by atoms with Gasteiger partial charge in [-0.25, -0.2) is 12.8 Å². The summed E-state index contributed by atoms with van der Waals surface area (Å²) in [5.74, 6) is -1.42. The van der Waals surface area contributed by atoms with E-state index in [1.165, 1.54) is 11.0 Å². The summed E-state index contributed by atoms with van der Waals surface area (Å²) in [5.41, 5.74) is 1.44. The molecule has 0 heterocycles. The number of nitrogens with one attached hydrogen (secondary N) is 1. The first-order valence-corrected chi connectivity index (χ1v) is 13.8. The fraction of sp³-hybridized carbons (Fsp3) is 0.462. The number of hydrogen-bond acceptors (Lipinski definition) is 4. The van der Waals surface area contributed by atoms with E-state index in [4.69, 9.17) is 0 Å². The summed E-state index contributed by atoms with van der Waals surface area (Å²) < 4.78 is 40.7. The van der Waals surface area contributed by atoms with Gasteiger partial charge in [0.1, 0.15) is 18.4 Å². The van der Waals surface area contributed by atoms with Crippen molar-refractivity contribution in [1.29, 1.82) is 0 Å². The summed E-state index contributed by atoms with van der Waals surface area (Å²) >= 11 is 0. The molecule has 9 heteroatoms. The molecule has 1 aliphatic rings. The fourth-order valence-corrected chi connectivity index (χ4v) is 5.20. The zero-order chi connectivity index (χ0) is 25.6. The van der Waals surface area contributed by atoms with Crippen molar-refractivity contribution in [1.82, 2.24) is 10.2 Å². The first-order valence-electron chi connectivity index (χ1n) is 11.9. The Labute approximate surface area is 207 Å². The molecule has 0 aliphatic heterocycles. The standard InChI is InChI=1S/C26H34FN3O4S/c1-19-10-9-14-23(16-19)30(35(3,33)34)18-25(31)29(17-21-11-7-8-15-24(21)27)20(2)26(32)28-22-12-5-4-6-13-22/h7-11,14-16,20,22H,4-6,12-13,17-18H2,1-3H3,(H,28,32)/t20-/m0/s1. The van der Waals surface area contributed by atoms with Crippen LogP contribution in [0.5, 0.6) is 0 Å². The molecule has 0 saturated heterocycles. The van der Waals surface area contributed by atoms with E-state index in [-0.39, 0.29) is 24.1 Å². The maximum Gasteiger partial charge on any atom is 0.244 e. The van der Waals surface area contributed by atoms with Crippen molar-refractivity contribution in [2.45, 2.75) is 64.6 Å². The summed E-state index contributed by atoms with van der Waals surface area (Å²) in [5, 5.41) is 3.02. The van der Waals surface area contributed by atoms with E-state index in [1.807, 2.05) is 13.0 Å². The molecule has 2 amide bonds. The topological polar surface area (TPSA) is 86.8 Å². The lowest BCUT2D eigenvalue weighted by Crippen LogP contribution is -2.53. The van der Waals surface area contributed by atoms with Crippen LogP contribution in [0.4, 0.5) is 10.1 Å². The maximum atomic E-state index is 14.5. The van der Waals surface area contributed by atoms with Crippen molar-refractivity contribution < 1.29 is 22.4 Å². The summed E-state index contributed by atoms with van der Waals surface area (Å²) in [6.45, 7) is 2.76. The average Bonchev–Trinajstić information content (AvgIpc) is 2.81. The van der Waals surface area contributed by atoms with Crippen LogP contribution in [-0.2, 0) is 26.2 Å². The van der Waals surface area contributed by atoms with Gasteiger partial charge in [0.2, 0.25) is 21.8 Å². The van der Waals surface area contributed by atoms with Gasteiger partial charge in [0.25, 0.3) is 0 Å². The highest BCUT2D eigenvalue weighted by atomic mass is 32.2. The molecule has 2 aromatic carbocycles. The largest absolute Gasteiger partial charge is 0.352 e.